The molecule has 5 heteroatoms. The van der Waals surface area contributed by atoms with Crippen LogP contribution in [0.15, 0.2) is 54.4 Å². The van der Waals surface area contributed by atoms with Crippen molar-refractivity contribution in [1.82, 2.24) is 0 Å². The summed E-state index contributed by atoms with van der Waals surface area (Å²) in [6.07, 6.45) is 4.97. The second-order valence-corrected chi connectivity index (χ2v) is 3.54. The van der Waals surface area contributed by atoms with Gasteiger partial charge in [0.25, 0.3) is 5.70 Å². The first-order valence-corrected chi connectivity index (χ1v) is 5.05. The molecule has 1 heterocycles. The van der Waals surface area contributed by atoms with E-state index in [2.05, 4.69) is 0 Å². The van der Waals surface area contributed by atoms with Gasteiger partial charge in [-0.05, 0) is 18.2 Å². The standard InChI is InChI=1S/C12H10N2O3/c15-9-12-7-6-11(14(16)17)8-13(12)10-4-2-1-3-5-10/h1-9,12H. The van der Waals surface area contributed by atoms with Crippen LogP contribution < -0.4 is 4.90 Å². The summed E-state index contributed by atoms with van der Waals surface area (Å²) >= 11 is 0. The fourth-order valence-electron chi connectivity index (χ4n) is 1.63. The number of carbonyl (C=O) groups excluding carboxylic acids is 1. The Morgan fingerprint density at radius 1 is 1.29 bits per heavy atom. The van der Waals surface area contributed by atoms with Gasteiger partial charge < -0.3 is 9.69 Å². The number of rotatable bonds is 3. The Balaban J connectivity index is 2.39. The zero-order valence-corrected chi connectivity index (χ0v) is 8.89. The average Bonchev–Trinajstić information content (AvgIpc) is 2.39. The van der Waals surface area contributed by atoms with Crippen LogP contribution in [0.5, 0.6) is 0 Å². The van der Waals surface area contributed by atoms with E-state index in [9.17, 15) is 14.9 Å². The minimum atomic E-state index is -0.499. The van der Waals surface area contributed by atoms with Crippen molar-refractivity contribution < 1.29 is 9.72 Å². The Labute approximate surface area is 97.8 Å². The van der Waals surface area contributed by atoms with E-state index in [-0.39, 0.29) is 5.70 Å². The van der Waals surface area contributed by atoms with Crippen molar-refractivity contribution in [2.75, 3.05) is 4.90 Å². The highest BCUT2D eigenvalue weighted by Gasteiger charge is 2.22. The lowest BCUT2D eigenvalue weighted by Crippen LogP contribution is -2.33. The molecule has 2 rings (SSSR count). The zero-order valence-electron chi connectivity index (χ0n) is 8.89. The van der Waals surface area contributed by atoms with Crippen LogP contribution in [0.25, 0.3) is 0 Å². The zero-order chi connectivity index (χ0) is 12.3. The molecule has 0 radical (unpaired) electrons. The summed E-state index contributed by atoms with van der Waals surface area (Å²) in [7, 11) is 0. The smallest absolute Gasteiger partial charge is 0.285 e. The van der Waals surface area contributed by atoms with Gasteiger partial charge in [0.2, 0.25) is 0 Å². The Morgan fingerprint density at radius 2 is 2.00 bits per heavy atom. The number of aldehydes is 1. The van der Waals surface area contributed by atoms with Crippen LogP contribution in [0, 0.1) is 10.1 Å². The third-order valence-corrected chi connectivity index (χ3v) is 2.46. The number of hydrogen-bond acceptors (Lipinski definition) is 4. The Morgan fingerprint density at radius 3 is 2.59 bits per heavy atom. The molecule has 86 valence electrons. The van der Waals surface area contributed by atoms with Gasteiger partial charge in [-0.15, -0.1) is 0 Å². The molecule has 1 aliphatic rings. The molecule has 0 bridgehead atoms. The highest BCUT2D eigenvalue weighted by molar-refractivity contribution is 5.72. The van der Waals surface area contributed by atoms with Crippen molar-refractivity contribution in [2.45, 2.75) is 6.04 Å². The van der Waals surface area contributed by atoms with E-state index in [1.165, 1.54) is 18.4 Å². The molecule has 0 aromatic heterocycles. The molecule has 1 atom stereocenters. The highest BCUT2D eigenvalue weighted by atomic mass is 16.6. The van der Waals surface area contributed by atoms with Crippen LogP contribution in [0.1, 0.15) is 0 Å². The lowest BCUT2D eigenvalue weighted by Gasteiger charge is -2.26. The van der Waals surface area contributed by atoms with Gasteiger partial charge in [-0.25, -0.2) is 0 Å². The molecule has 1 aromatic rings. The molecule has 0 fully saturated rings. The summed E-state index contributed by atoms with van der Waals surface area (Å²) in [6, 6.07) is 8.57. The first kappa shape index (κ1) is 11.1. The number of anilines is 1. The molecule has 0 N–H and O–H groups in total. The lowest BCUT2D eigenvalue weighted by atomic mass is 10.1. The largest absolute Gasteiger partial charge is 0.328 e. The quantitative estimate of drug-likeness (QED) is 0.451. The molecule has 0 spiro atoms. The molecular formula is C12H10N2O3. The second-order valence-electron chi connectivity index (χ2n) is 3.54. The molecule has 17 heavy (non-hydrogen) atoms. The van der Waals surface area contributed by atoms with Gasteiger partial charge in [-0.3, -0.25) is 10.1 Å². The molecule has 0 saturated heterocycles. The summed E-state index contributed by atoms with van der Waals surface area (Å²) in [5, 5.41) is 10.7. The van der Waals surface area contributed by atoms with Gasteiger partial charge in [0, 0.05) is 11.8 Å². The van der Waals surface area contributed by atoms with E-state index in [0.717, 1.165) is 12.0 Å². The van der Waals surface area contributed by atoms with Gasteiger partial charge in [0.05, 0.1) is 11.1 Å². The van der Waals surface area contributed by atoms with E-state index in [0.29, 0.717) is 0 Å². The number of carbonyl (C=O) groups is 1. The van der Waals surface area contributed by atoms with E-state index >= 15 is 0 Å². The van der Waals surface area contributed by atoms with E-state index in [1.807, 2.05) is 18.2 Å². The van der Waals surface area contributed by atoms with E-state index in [4.69, 9.17) is 0 Å². The number of benzene rings is 1. The van der Waals surface area contributed by atoms with Crippen LogP contribution in [0.3, 0.4) is 0 Å². The van der Waals surface area contributed by atoms with Crippen LogP contribution in [0.2, 0.25) is 0 Å². The van der Waals surface area contributed by atoms with Crippen molar-refractivity contribution in [2.24, 2.45) is 0 Å². The maximum absolute atomic E-state index is 10.9. The van der Waals surface area contributed by atoms with Crippen LogP contribution >= 0.6 is 0 Å². The predicted octanol–water partition coefficient (Wildman–Crippen LogP) is 1.75. The lowest BCUT2D eigenvalue weighted by molar-refractivity contribution is -0.419. The minimum Gasteiger partial charge on any atom is -0.328 e. The summed E-state index contributed by atoms with van der Waals surface area (Å²) in [5.41, 5.74) is 0.709. The number of para-hydroxylation sites is 1. The van der Waals surface area contributed by atoms with E-state index < -0.39 is 11.0 Å². The maximum Gasteiger partial charge on any atom is 0.285 e. The normalized spacial score (nSPS) is 18.7. The van der Waals surface area contributed by atoms with Gasteiger partial charge >= 0.3 is 0 Å². The topological polar surface area (TPSA) is 63.4 Å². The summed E-state index contributed by atoms with van der Waals surface area (Å²) in [4.78, 5) is 22.7. The molecule has 0 saturated carbocycles. The molecular weight excluding hydrogens is 220 g/mol. The monoisotopic (exact) mass is 230 g/mol. The fraction of sp³-hybridized carbons (Fsp3) is 0.0833. The van der Waals surface area contributed by atoms with Crippen LogP contribution in [0.4, 0.5) is 5.69 Å². The average molecular weight is 230 g/mol. The Bertz CT molecular complexity index is 494. The summed E-state index contributed by atoms with van der Waals surface area (Å²) < 4.78 is 0. The van der Waals surface area contributed by atoms with Gasteiger partial charge in [-0.1, -0.05) is 18.2 Å². The summed E-state index contributed by atoms with van der Waals surface area (Å²) in [5.74, 6) is 0. The molecule has 0 amide bonds. The Hall–Kier alpha value is -2.43. The molecule has 1 unspecified atom stereocenters. The van der Waals surface area contributed by atoms with Crippen LogP contribution in [-0.2, 0) is 4.79 Å². The maximum atomic E-state index is 10.9. The number of nitro groups is 1. The Kier molecular flexibility index (Phi) is 3.00. The van der Waals surface area contributed by atoms with Crippen molar-refractivity contribution >= 4 is 12.0 Å². The van der Waals surface area contributed by atoms with Gasteiger partial charge in [-0.2, -0.15) is 0 Å². The second kappa shape index (κ2) is 4.61. The summed E-state index contributed by atoms with van der Waals surface area (Å²) in [6.45, 7) is 0. The van der Waals surface area contributed by atoms with Crippen LogP contribution in [-0.4, -0.2) is 17.3 Å². The number of hydrogen-bond donors (Lipinski definition) is 0. The fourth-order valence-corrected chi connectivity index (χ4v) is 1.63. The molecule has 1 aliphatic heterocycles. The number of nitrogens with zero attached hydrogens (tertiary/aromatic N) is 2. The molecule has 1 aromatic carbocycles. The first-order chi connectivity index (χ1) is 8.22. The van der Waals surface area contributed by atoms with Crippen molar-refractivity contribution in [3.8, 4) is 0 Å². The van der Waals surface area contributed by atoms with E-state index in [1.54, 1.807) is 17.0 Å². The first-order valence-electron chi connectivity index (χ1n) is 5.05. The van der Waals surface area contributed by atoms with Gasteiger partial charge in [0.1, 0.15) is 12.3 Å². The number of allylic oxidation sites excluding steroid dienone is 1. The third-order valence-electron chi connectivity index (χ3n) is 2.46. The van der Waals surface area contributed by atoms with Crippen molar-refractivity contribution in [3.63, 3.8) is 0 Å². The highest BCUT2D eigenvalue weighted by Crippen LogP contribution is 2.21. The van der Waals surface area contributed by atoms with Crippen molar-refractivity contribution in [1.29, 1.82) is 0 Å². The SMILES string of the molecule is O=CC1C=CC([N+](=O)[O-])=CN1c1ccccc1. The molecule has 0 aliphatic carbocycles. The third kappa shape index (κ3) is 2.23. The van der Waals surface area contributed by atoms with Crippen molar-refractivity contribution in [3.05, 3.63) is 64.5 Å². The molecule has 5 nitrogen and oxygen atoms in total. The van der Waals surface area contributed by atoms with Gasteiger partial charge in [0.15, 0.2) is 0 Å². The minimum absolute atomic E-state index is 0.0352. The predicted molar refractivity (Wildman–Crippen MR) is 63.0 cm³/mol.